The van der Waals surface area contributed by atoms with Crippen LogP contribution in [-0.2, 0) is 10.1 Å². The summed E-state index contributed by atoms with van der Waals surface area (Å²) in [5, 5.41) is 9.98. The van der Waals surface area contributed by atoms with Crippen molar-refractivity contribution in [2.75, 3.05) is 0 Å². The molecule has 5 atom stereocenters. The summed E-state index contributed by atoms with van der Waals surface area (Å²) in [5.74, 6) is 0.372. The van der Waals surface area contributed by atoms with Crippen molar-refractivity contribution in [2.24, 2.45) is 23.7 Å². The summed E-state index contributed by atoms with van der Waals surface area (Å²) in [7, 11) is -4.02. The molecule has 0 aliphatic heterocycles. The highest BCUT2D eigenvalue weighted by molar-refractivity contribution is 7.86. The Balaban J connectivity index is 2.12. The molecule has 0 aromatic heterocycles. The van der Waals surface area contributed by atoms with Gasteiger partial charge in [-0.25, -0.2) is 0 Å². The van der Waals surface area contributed by atoms with Crippen LogP contribution in [0.4, 0.5) is 0 Å². The van der Waals surface area contributed by atoms with Gasteiger partial charge in [0.15, 0.2) is 0 Å². The number of aliphatic hydroxyl groups excluding tert-OH is 1. The lowest BCUT2D eigenvalue weighted by molar-refractivity contribution is -0.0120. The summed E-state index contributed by atoms with van der Waals surface area (Å²) in [6.45, 7) is 3.89. The van der Waals surface area contributed by atoms with E-state index in [2.05, 4.69) is 0 Å². The molecule has 2 rings (SSSR count). The quantitative estimate of drug-likeness (QED) is 0.786. The molecule has 0 bridgehead atoms. The molecular formula is C15H28O4S. The van der Waals surface area contributed by atoms with E-state index in [1.54, 1.807) is 0 Å². The summed E-state index contributed by atoms with van der Waals surface area (Å²) in [6, 6.07) is 0. The van der Waals surface area contributed by atoms with Crippen LogP contribution in [0.5, 0.6) is 0 Å². The van der Waals surface area contributed by atoms with Gasteiger partial charge < -0.3 is 5.11 Å². The van der Waals surface area contributed by atoms with Crippen molar-refractivity contribution in [1.82, 2.24) is 0 Å². The molecule has 2 fully saturated rings. The van der Waals surface area contributed by atoms with Crippen molar-refractivity contribution in [2.45, 2.75) is 70.1 Å². The molecule has 2 aliphatic rings. The Hall–Kier alpha value is -0.130. The van der Waals surface area contributed by atoms with Gasteiger partial charge in [-0.2, -0.15) is 8.42 Å². The van der Waals surface area contributed by atoms with Crippen LogP contribution in [0, 0.1) is 23.7 Å². The number of rotatable bonds is 3. The van der Waals surface area contributed by atoms with E-state index >= 15 is 0 Å². The smallest absolute Gasteiger partial charge is 0.268 e. The van der Waals surface area contributed by atoms with E-state index in [4.69, 9.17) is 0 Å². The van der Waals surface area contributed by atoms with Crippen molar-refractivity contribution in [3.05, 3.63) is 0 Å². The SMILES string of the molecule is CC1CC(C(O)C2CCCCC2)C(C)C(S(=O)(=O)O)C1. The van der Waals surface area contributed by atoms with Gasteiger partial charge in [0.2, 0.25) is 0 Å². The molecule has 0 spiro atoms. The highest BCUT2D eigenvalue weighted by atomic mass is 32.2. The van der Waals surface area contributed by atoms with Gasteiger partial charge in [0.1, 0.15) is 0 Å². The topological polar surface area (TPSA) is 74.6 Å². The third-order valence-corrected chi connectivity index (χ3v) is 6.91. The van der Waals surface area contributed by atoms with Gasteiger partial charge in [-0.3, -0.25) is 4.55 Å². The van der Waals surface area contributed by atoms with E-state index in [0.29, 0.717) is 12.3 Å². The van der Waals surface area contributed by atoms with Crippen LogP contribution in [-0.4, -0.2) is 29.4 Å². The molecule has 0 heterocycles. The van der Waals surface area contributed by atoms with E-state index in [1.807, 2.05) is 13.8 Å². The van der Waals surface area contributed by atoms with Gasteiger partial charge in [0.05, 0.1) is 11.4 Å². The highest BCUT2D eigenvalue weighted by Gasteiger charge is 2.44. The molecule has 0 radical (unpaired) electrons. The standard InChI is InChI=1S/C15H28O4S/c1-10-8-13(11(2)14(9-10)20(17,18)19)15(16)12-6-4-3-5-7-12/h10-16H,3-9H2,1-2H3,(H,17,18,19). The highest BCUT2D eigenvalue weighted by Crippen LogP contribution is 2.42. The van der Waals surface area contributed by atoms with Crippen molar-refractivity contribution in [3.63, 3.8) is 0 Å². The van der Waals surface area contributed by atoms with Crippen LogP contribution in [0.3, 0.4) is 0 Å². The van der Waals surface area contributed by atoms with Gasteiger partial charge in [-0.05, 0) is 49.4 Å². The first-order chi connectivity index (χ1) is 9.30. The second kappa shape index (κ2) is 6.32. The summed E-state index contributed by atoms with van der Waals surface area (Å²) in [6.07, 6.45) is 6.63. The lowest BCUT2D eigenvalue weighted by Gasteiger charge is -2.42. The Morgan fingerprint density at radius 3 is 2.20 bits per heavy atom. The second-order valence-corrected chi connectivity index (χ2v) is 8.68. The molecular weight excluding hydrogens is 276 g/mol. The summed E-state index contributed by atoms with van der Waals surface area (Å²) >= 11 is 0. The average molecular weight is 304 g/mol. The normalized spacial score (nSPS) is 38.6. The number of hydrogen-bond acceptors (Lipinski definition) is 3. The van der Waals surface area contributed by atoms with Crippen molar-refractivity contribution < 1.29 is 18.1 Å². The van der Waals surface area contributed by atoms with Gasteiger partial charge in [0.25, 0.3) is 10.1 Å². The molecule has 118 valence electrons. The van der Waals surface area contributed by atoms with Gasteiger partial charge >= 0.3 is 0 Å². The third-order valence-electron chi connectivity index (χ3n) is 5.53. The molecule has 0 aromatic carbocycles. The van der Waals surface area contributed by atoms with E-state index in [0.717, 1.165) is 19.3 Å². The lowest BCUT2D eigenvalue weighted by Crippen LogP contribution is -2.45. The molecule has 5 heteroatoms. The fourth-order valence-electron chi connectivity index (χ4n) is 4.33. The van der Waals surface area contributed by atoms with Crippen molar-refractivity contribution in [1.29, 1.82) is 0 Å². The minimum absolute atomic E-state index is 0.00576. The Labute approximate surface area is 122 Å². The predicted molar refractivity (Wildman–Crippen MR) is 79.0 cm³/mol. The summed E-state index contributed by atoms with van der Waals surface area (Å²) < 4.78 is 32.6. The maximum absolute atomic E-state index is 11.6. The average Bonchev–Trinajstić information content (AvgIpc) is 2.40. The Kier molecular flexibility index (Phi) is 5.14. The zero-order chi connectivity index (χ0) is 14.9. The monoisotopic (exact) mass is 304 g/mol. The maximum atomic E-state index is 11.6. The molecule has 5 unspecified atom stereocenters. The van der Waals surface area contributed by atoms with E-state index in [9.17, 15) is 18.1 Å². The van der Waals surface area contributed by atoms with Crippen LogP contribution in [0.25, 0.3) is 0 Å². The minimum atomic E-state index is -4.02. The molecule has 0 saturated heterocycles. The Bertz CT molecular complexity index is 414. The van der Waals surface area contributed by atoms with Gasteiger partial charge in [0, 0.05) is 0 Å². The predicted octanol–water partition coefficient (Wildman–Crippen LogP) is 2.87. The molecule has 0 aromatic rings. The van der Waals surface area contributed by atoms with Crippen molar-refractivity contribution >= 4 is 10.1 Å². The minimum Gasteiger partial charge on any atom is -0.393 e. The van der Waals surface area contributed by atoms with Crippen LogP contribution >= 0.6 is 0 Å². The second-order valence-electron chi connectivity index (χ2n) is 7.04. The molecule has 4 nitrogen and oxygen atoms in total. The molecule has 20 heavy (non-hydrogen) atoms. The van der Waals surface area contributed by atoms with Crippen LogP contribution in [0.1, 0.15) is 58.8 Å². The fourth-order valence-corrected chi connectivity index (χ4v) is 5.65. The van der Waals surface area contributed by atoms with Crippen molar-refractivity contribution in [3.8, 4) is 0 Å². The fraction of sp³-hybridized carbons (Fsp3) is 1.00. The number of hydrogen-bond donors (Lipinski definition) is 2. The number of aliphatic hydroxyl groups is 1. The zero-order valence-corrected chi connectivity index (χ0v) is 13.3. The Morgan fingerprint density at radius 2 is 1.65 bits per heavy atom. The first-order valence-electron chi connectivity index (χ1n) is 7.95. The molecule has 2 saturated carbocycles. The van der Waals surface area contributed by atoms with Gasteiger partial charge in [-0.1, -0.05) is 33.1 Å². The van der Waals surface area contributed by atoms with E-state index < -0.39 is 21.5 Å². The zero-order valence-electron chi connectivity index (χ0n) is 12.5. The summed E-state index contributed by atoms with van der Waals surface area (Å²) in [5.41, 5.74) is 0. The largest absolute Gasteiger partial charge is 0.393 e. The molecule has 2 aliphatic carbocycles. The third kappa shape index (κ3) is 3.55. The van der Waals surface area contributed by atoms with E-state index in [-0.39, 0.29) is 17.8 Å². The Morgan fingerprint density at radius 1 is 1.05 bits per heavy atom. The van der Waals surface area contributed by atoms with Gasteiger partial charge in [-0.15, -0.1) is 0 Å². The van der Waals surface area contributed by atoms with Crippen LogP contribution in [0.2, 0.25) is 0 Å². The first kappa shape index (κ1) is 16.2. The first-order valence-corrected chi connectivity index (χ1v) is 9.45. The summed E-state index contributed by atoms with van der Waals surface area (Å²) in [4.78, 5) is 0. The van der Waals surface area contributed by atoms with E-state index in [1.165, 1.54) is 19.3 Å². The van der Waals surface area contributed by atoms with Crippen LogP contribution < -0.4 is 0 Å². The van der Waals surface area contributed by atoms with Crippen LogP contribution in [0.15, 0.2) is 0 Å². The molecule has 2 N–H and O–H groups in total. The molecule has 0 amide bonds. The lowest BCUT2D eigenvalue weighted by atomic mass is 9.68. The maximum Gasteiger partial charge on any atom is 0.268 e.